The molecule has 116 valence electrons. The largest absolute Gasteiger partial charge is 0.390 e. The number of hydrogen-bond donors (Lipinski definition) is 1. The van der Waals surface area contributed by atoms with Gasteiger partial charge in [0.15, 0.2) is 9.84 Å². The van der Waals surface area contributed by atoms with Gasteiger partial charge in [0.1, 0.15) is 5.82 Å². The SMILES string of the molecule is O=S1(=O)C2CCCC1CC(O)(CCc1ccccc1F)C2. The predicted molar refractivity (Wildman–Crippen MR) is 79.3 cm³/mol. The second-order valence-electron chi connectivity index (χ2n) is 6.49. The molecule has 2 atom stereocenters. The van der Waals surface area contributed by atoms with Crippen molar-refractivity contribution in [3.05, 3.63) is 35.6 Å². The summed E-state index contributed by atoms with van der Waals surface area (Å²) in [7, 11) is -3.06. The van der Waals surface area contributed by atoms with Gasteiger partial charge in [-0.2, -0.15) is 0 Å². The summed E-state index contributed by atoms with van der Waals surface area (Å²) in [6.07, 6.45) is 3.72. The molecule has 2 aliphatic rings. The number of rotatable bonds is 3. The first-order valence-corrected chi connectivity index (χ1v) is 9.20. The van der Waals surface area contributed by atoms with E-state index in [1.54, 1.807) is 18.2 Å². The van der Waals surface area contributed by atoms with Crippen molar-refractivity contribution in [3.8, 4) is 0 Å². The van der Waals surface area contributed by atoms with Crippen molar-refractivity contribution in [1.82, 2.24) is 0 Å². The molecule has 2 saturated heterocycles. The quantitative estimate of drug-likeness (QED) is 0.933. The third-order valence-electron chi connectivity index (χ3n) is 5.01. The summed E-state index contributed by atoms with van der Waals surface area (Å²) in [6, 6.07) is 6.56. The van der Waals surface area contributed by atoms with Crippen molar-refractivity contribution in [2.75, 3.05) is 0 Å². The van der Waals surface area contributed by atoms with Crippen LogP contribution in [0.15, 0.2) is 24.3 Å². The molecule has 2 heterocycles. The highest BCUT2D eigenvalue weighted by molar-refractivity contribution is 7.92. The van der Waals surface area contributed by atoms with Crippen LogP contribution in [0.2, 0.25) is 0 Å². The number of sulfone groups is 1. The summed E-state index contributed by atoms with van der Waals surface area (Å²) < 4.78 is 38.1. The minimum atomic E-state index is -3.06. The van der Waals surface area contributed by atoms with E-state index in [0.717, 1.165) is 6.42 Å². The summed E-state index contributed by atoms with van der Waals surface area (Å²) in [6.45, 7) is 0. The lowest BCUT2D eigenvalue weighted by molar-refractivity contribution is 0.00180. The van der Waals surface area contributed by atoms with E-state index in [4.69, 9.17) is 0 Å². The van der Waals surface area contributed by atoms with Crippen LogP contribution in [0.5, 0.6) is 0 Å². The predicted octanol–water partition coefficient (Wildman–Crippen LogP) is 2.62. The zero-order valence-electron chi connectivity index (χ0n) is 12.0. The van der Waals surface area contributed by atoms with Gasteiger partial charge in [-0.05, 0) is 50.2 Å². The Morgan fingerprint density at radius 2 is 1.81 bits per heavy atom. The van der Waals surface area contributed by atoms with Crippen LogP contribution in [-0.2, 0) is 16.3 Å². The van der Waals surface area contributed by atoms with E-state index in [0.29, 0.717) is 44.1 Å². The summed E-state index contributed by atoms with van der Waals surface area (Å²) in [5.74, 6) is -0.260. The van der Waals surface area contributed by atoms with Gasteiger partial charge in [0.2, 0.25) is 0 Å². The second-order valence-corrected chi connectivity index (χ2v) is 9.00. The fourth-order valence-corrected chi connectivity index (χ4v) is 6.43. The zero-order valence-corrected chi connectivity index (χ0v) is 12.8. The molecule has 2 bridgehead atoms. The molecule has 3 nitrogen and oxygen atoms in total. The van der Waals surface area contributed by atoms with Gasteiger partial charge in [0.05, 0.1) is 16.1 Å². The summed E-state index contributed by atoms with van der Waals surface area (Å²) in [5, 5.41) is 9.96. The number of aryl methyl sites for hydroxylation is 1. The monoisotopic (exact) mass is 312 g/mol. The van der Waals surface area contributed by atoms with Gasteiger partial charge in [0.25, 0.3) is 0 Å². The Morgan fingerprint density at radius 1 is 1.19 bits per heavy atom. The average molecular weight is 312 g/mol. The van der Waals surface area contributed by atoms with E-state index in [1.165, 1.54) is 6.07 Å². The Morgan fingerprint density at radius 3 is 2.43 bits per heavy atom. The fourth-order valence-electron chi connectivity index (χ4n) is 3.81. The lowest BCUT2D eigenvalue weighted by atomic mass is 9.81. The van der Waals surface area contributed by atoms with Crippen molar-refractivity contribution in [2.24, 2.45) is 0 Å². The molecule has 21 heavy (non-hydrogen) atoms. The third-order valence-corrected chi connectivity index (χ3v) is 7.68. The Hall–Kier alpha value is -0.940. The first kappa shape index (κ1) is 15.0. The molecular weight excluding hydrogens is 291 g/mol. The molecule has 0 radical (unpaired) electrons. The summed E-state index contributed by atoms with van der Waals surface area (Å²) in [4.78, 5) is 0. The maximum Gasteiger partial charge on any atom is 0.156 e. The van der Waals surface area contributed by atoms with Crippen LogP contribution in [0.1, 0.15) is 44.1 Å². The lowest BCUT2D eigenvalue weighted by Crippen LogP contribution is -2.51. The Labute approximate surface area is 125 Å². The Kier molecular flexibility index (Phi) is 3.82. The van der Waals surface area contributed by atoms with E-state index >= 15 is 0 Å². The number of fused-ring (bicyclic) bond motifs is 2. The number of aliphatic hydroxyl groups is 1. The maximum atomic E-state index is 13.6. The van der Waals surface area contributed by atoms with Crippen LogP contribution in [0.3, 0.4) is 0 Å². The molecule has 2 aliphatic heterocycles. The molecule has 3 rings (SSSR count). The zero-order chi connectivity index (χ0) is 15.1. The van der Waals surface area contributed by atoms with E-state index in [9.17, 15) is 17.9 Å². The highest BCUT2D eigenvalue weighted by Crippen LogP contribution is 2.43. The van der Waals surface area contributed by atoms with Gasteiger partial charge < -0.3 is 5.11 Å². The summed E-state index contributed by atoms with van der Waals surface area (Å²) >= 11 is 0. The van der Waals surface area contributed by atoms with Gasteiger partial charge >= 0.3 is 0 Å². The van der Waals surface area contributed by atoms with E-state index < -0.39 is 25.9 Å². The first-order valence-electron chi connectivity index (χ1n) is 7.59. The number of halogens is 1. The van der Waals surface area contributed by atoms with Gasteiger partial charge in [-0.15, -0.1) is 0 Å². The fraction of sp³-hybridized carbons (Fsp3) is 0.625. The maximum absolute atomic E-state index is 13.6. The molecule has 0 aromatic heterocycles. The number of hydrogen-bond acceptors (Lipinski definition) is 3. The molecule has 0 amide bonds. The van der Waals surface area contributed by atoms with Crippen LogP contribution in [-0.4, -0.2) is 29.6 Å². The molecular formula is C16H21FO3S. The van der Waals surface area contributed by atoms with Gasteiger partial charge in [-0.1, -0.05) is 24.6 Å². The standard InChI is InChI=1S/C16H21FO3S/c17-15-7-2-1-4-12(15)8-9-16(18)10-13-5-3-6-14(11-16)21(13,19)20/h1-2,4,7,13-14,18H,3,5-6,8-11H2. The topological polar surface area (TPSA) is 54.4 Å². The minimum absolute atomic E-state index is 0.260. The number of benzene rings is 1. The molecule has 0 saturated carbocycles. The molecule has 2 fully saturated rings. The smallest absolute Gasteiger partial charge is 0.156 e. The van der Waals surface area contributed by atoms with Crippen LogP contribution >= 0.6 is 0 Å². The van der Waals surface area contributed by atoms with E-state index in [2.05, 4.69) is 0 Å². The molecule has 1 aromatic carbocycles. The lowest BCUT2D eigenvalue weighted by Gasteiger charge is -2.44. The summed E-state index contributed by atoms with van der Waals surface area (Å²) in [5.41, 5.74) is -0.381. The van der Waals surface area contributed by atoms with E-state index in [1.807, 2.05) is 0 Å². The van der Waals surface area contributed by atoms with Gasteiger partial charge in [-0.3, -0.25) is 0 Å². The first-order chi connectivity index (χ1) is 9.91. The van der Waals surface area contributed by atoms with Crippen LogP contribution in [0.4, 0.5) is 4.39 Å². The molecule has 1 N–H and O–H groups in total. The normalized spacial score (nSPS) is 34.6. The van der Waals surface area contributed by atoms with Crippen molar-refractivity contribution in [1.29, 1.82) is 0 Å². The molecule has 5 heteroatoms. The highest BCUT2D eigenvalue weighted by atomic mass is 32.2. The van der Waals surface area contributed by atoms with Crippen molar-refractivity contribution in [3.63, 3.8) is 0 Å². The Balaban J connectivity index is 1.73. The van der Waals surface area contributed by atoms with Crippen LogP contribution in [0.25, 0.3) is 0 Å². The van der Waals surface area contributed by atoms with Crippen molar-refractivity contribution >= 4 is 9.84 Å². The van der Waals surface area contributed by atoms with Gasteiger partial charge in [-0.25, -0.2) is 12.8 Å². The van der Waals surface area contributed by atoms with Crippen LogP contribution in [0, 0.1) is 5.82 Å². The Bertz CT molecular complexity index is 606. The highest BCUT2D eigenvalue weighted by Gasteiger charge is 2.49. The molecule has 0 aliphatic carbocycles. The van der Waals surface area contributed by atoms with Crippen molar-refractivity contribution in [2.45, 2.75) is 61.0 Å². The molecule has 1 aromatic rings. The molecule has 0 spiro atoms. The third kappa shape index (κ3) is 2.86. The van der Waals surface area contributed by atoms with Crippen LogP contribution < -0.4 is 0 Å². The molecule has 2 unspecified atom stereocenters. The minimum Gasteiger partial charge on any atom is -0.390 e. The average Bonchev–Trinajstić information content (AvgIpc) is 2.40. The van der Waals surface area contributed by atoms with E-state index in [-0.39, 0.29) is 5.82 Å². The van der Waals surface area contributed by atoms with Gasteiger partial charge in [0, 0.05) is 0 Å². The second kappa shape index (κ2) is 5.36. The van der Waals surface area contributed by atoms with Crippen molar-refractivity contribution < 1.29 is 17.9 Å².